The maximum Gasteiger partial charge on any atom is 0.149 e. The van der Waals surface area contributed by atoms with Crippen LogP contribution in [-0.2, 0) is 0 Å². The molecule has 3 aromatic rings. The summed E-state index contributed by atoms with van der Waals surface area (Å²) in [6.07, 6.45) is 1.61. The van der Waals surface area contributed by atoms with Gasteiger partial charge in [0.15, 0.2) is 0 Å². The molecule has 0 atom stereocenters. The summed E-state index contributed by atoms with van der Waals surface area (Å²) in [7, 11) is 0. The van der Waals surface area contributed by atoms with Crippen LogP contribution in [0.1, 0.15) is 11.4 Å². The molecule has 0 saturated heterocycles. The van der Waals surface area contributed by atoms with Crippen LogP contribution >= 0.6 is 0 Å². The van der Waals surface area contributed by atoms with E-state index in [1.165, 1.54) is 12.1 Å². The number of H-pyrrole nitrogens is 1. The second-order valence-corrected chi connectivity index (χ2v) is 4.33. The Bertz CT molecular complexity index is 807. The molecule has 0 unspecified atom stereocenters. The van der Waals surface area contributed by atoms with Crippen LogP contribution in [0.3, 0.4) is 0 Å². The summed E-state index contributed by atoms with van der Waals surface area (Å²) in [6.45, 7) is 0. The first kappa shape index (κ1) is 12.1. The van der Waals surface area contributed by atoms with E-state index in [4.69, 9.17) is 0 Å². The zero-order chi connectivity index (χ0) is 13.9. The predicted molar refractivity (Wildman–Crippen MR) is 76.0 cm³/mol. The lowest BCUT2D eigenvalue weighted by atomic mass is 10.1. The molecule has 0 aliphatic heterocycles. The highest BCUT2D eigenvalue weighted by molar-refractivity contribution is 5.90. The Morgan fingerprint density at radius 1 is 1.20 bits per heavy atom. The first-order chi connectivity index (χ1) is 9.76. The summed E-state index contributed by atoms with van der Waals surface area (Å²) in [4.78, 5) is 7.45. The summed E-state index contributed by atoms with van der Waals surface area (Å²) in [5.41, 5.74) is 2.65. The van der Waals surface area contributed by atoms with Gasteiger partial charge in [0.05, 0.1) is 16.6 Å². The smallest absolute Gasteiger partial charge is 0.149 e. The fourth-order valence-electron chi connectivity index (χ4n) is 2.00. The Kier molecular flexibility index (Phi) is 3.02. The Balaban J connectivity index is 2.07. The molecule has 3 nitrogen and oxygen atoms in total. The Labute approximate surface area is 115 Å². The zero-order valence-electron chi connectivity index (χ0n) is 10.5. The van der Waals surface area contributed by atoms with E-state index >= 15 is 0 Å². The normalized spacial score (nSPS) is 11.5. The lowest BCUT2D eigenvalue weighted by Crippen LogP contribution is -1.85. The van der Waals surface area contributed by atoms with Gasteiger partial charge in [-0.3, -0.25) is 0 Å². The number of imidazole rings is 1. The molecule has 0 aliphatic carbocycles. The van der Waals surface area contributed by atoms with Crippen LogP contribution in [0.4, 0.5) is 4.39 Å². The minimum atomic E-state index is -0.333. The number of hydrogen-bond acceptors (Lipinski definition) is 2. The number of aromatic amines is 1. The minimum Gasteiger partial charge on any atom is -0.337 e. The molecule has 1 N–H and O–H groups in total. The highest BCUT2D eigenvalue weighted by Gasteiger charge is 2.07. The van der Waals surface area contributed by atoms with Crippen molar-refractivity contribution in [2.75, 3.05) is 0 Å². The van der Waals surface area contributed by atoms with E-state index in [-0.39, 0.29) is 5.82 Å². The van der Waals surface area contributed by atoms with Crippen molar-refractivity contribution < 1.29 is 4.39 Å². The molecular weight excluding hydrogens is 253 g/mol. The quantitative estimate of drug-likeness (QED) is 0.715. The van der Waals surface area contributed by atoms with Crippen LogP contribution in [-0.4, -0.2) is 9.97 Å². The molecule has 0 amide bonds. The Hall–Kier alpha value is -2.93. The van der Waals surface area contributed by atoms with Gasteiger partial charge in [0.1, 0.15) is 17.7 Å². The number of nitrogens with one attached hydrogen (secondary N) is 1. The van der Waals surface area contributed by atoms with Crippen molar-refractivity contribution >= 4 is 22.7 Å². The third kappa shape index (κ3) is 2.29. The molecule has 1 aromatic heterocycles. The second kappa shape index (κ2) is 4.98. The van der Waals surface area contributed by atoms with Crippen LogP contribution in [0.15, 0.2) is 48.5 Å². The molecule has 0 radical (unpaired) electrons. The van der Waals surface area contributed by atoms with Crippen molar-refractivity contribution in [1.82, 2.24) is 9.97 Å². The molecule has 1 heterocycles. The molecule has 2 aromatic carbocycles. The monoisotopic (exact) mass is 263 g/mol. The number of rotatable bonds is 2. The molecule has 3 rings (SSSR count). The highest BCUT2D eigenvalue weighted by atomic mass is 19.1. The number of nitrogens with zero attached hydrogens (tertiary/aromatic N) is 2. The van der Waals surface area contributed by atoms with Gasteiger partial charge in [-0.15, -0.1) is 0 Å². The van der Waals surface area contributed by atoms with E-state index in [0.29, 0.717) is 17.0 Å². The topological polar surface area (TPSA) is 52.5 Å². The lowest BCUT2D eigenvalue weighted by Gasteiger charge is -1.96. The molecular formula is C16H10FN3. The Morgan fingerprint density at radius 2 is 2.05 bits per heavy atom. The largest absolute Gasteiger partial charge is 0.337 e. The number of halogens is 1. The standard InChI is InChI=1S/C16H10FN3/c17-13-5-3-4-11(9-13)8-12(10-18)16-19-14-6-1-2-7-15(14)20-16/h1-9H,(H,19,20). The average molecular weight is 263 g/mol. The number of nitriles is 1. The van der Waals surface area contributed by atoms with Gasteiger partial charge in [-0.2, -0.15) is 5.26 Å². The number of aromatic nitrogens is 2. The van der Waals surface area contributed by atoms with Crippen LogP contribution in [0.25, 0.3) is 22.7 Å². The molecule has 0 spiro atoms. The third-order valence-corrected chi connectivity index (χ3v) is 2.92. The Morgan fingerprint density at radius 3 is 2.80 bits per heavy atom. The van der Waals surface area contributed by atoms with Gasteiger partial charge in [-0.25, -0.2) is 9.37 Å². The first-order valence-electron chi connectivity index (χ1n) is 6.09. The fourth-order valence-corrected chi connectivity index (χ4v) is 2.00. The first-order valence-corrected chi connectivity index (χ1v) is 6.09. The van der Waals surface area contributed by atoms with Gasteiger partial charge in [0, 0.05) is 0 Å². The number of hydrogen-bond donors (Lipinski definition) is 1. The van der Waals surface area contributed by atoms with Crippen LogP contribution in [0, 0.1) is 17.1 Å². The summed E-state index contributed by atoms with van der Waals surface area (Å²) in [6, 6.07) is 15.7. The summed E-state index contributed by atoms with van der Waals surface area (Å²) in [5, 5.41) is 9.26. The maximum absolute atomic E-state index is 13.2. The molecule has 0 saturated carbocycles. The molecule has 4 heteroatoms. The van der Waals surface area contributed by atoms with E-state index in [1.54, 1.807) is 18.2 Å². The van der Waals surface area contributed by atoms with Crippen LogP contribution in [0.2, 0.25) is 0 Å². The maximum atomic E-state index is 13.2. The van der Waals surface area contributed by atoms with Crippen molar-refractivity contribution in [2.45, 2.75) is 0 Å². The van der Waals surface area contributed by atoms with Gasteiger partial charge in [-0.1, -0.05) is 24.3 Å². The zero-order valence-corrected chi connectivity index (χ0v) is 10.5. The van der Waals surface area contributed by atoms with Crippen molar-refractivity contribution in [3.05, 3.63) is 65.7 Å². The summed E-state index contributed by atoms with van der Waals surface area (Å²) < 4.78 is 13.2. The van der Waals surface area contributed by atoms with Gasteiger partial charge in [0.25, 0.3) is 0 Å². The van der Waals surface area contributed by atoms with E-state index < -0.39 is 0 Å². The second-order valence-electron chi connectivity index (χ2n) is 4.33. The van der Waals surface area contributed by atoms with Crippen molar-refractivity contribution in [1.29, 1.82) is 5.26 Å². The van der Waals surface area contributed by atoms with Gasteiger partial charge in [0.2, 0.25) is 0 Å². The summed E-state index contributed by atoms with van der Waals surface area (Å²) in [5.74, 6) is 0.151. The molecule has 0 bridgehead atoms. The number of para-hydroxylation sites is 2. The van der Waals surface area contributed by atoms with Gasteiger partial charge < -0.3 is 4.98 Å². The average Bonchev–Trinajstić information content (AvgIpc) is 2.88. The molecule has 20 heavy (non-hydrogen) atoms. The minimum absolute atomic E-state index is 0.333. The van der Waals surface area contributed by atoms with Crippen molar-refractivity contribution in [3.63, 3.8) is 0 Å². The van der Waals surface area contributed by atoms with Crippen molar-refractivity contribution in [3.8, 4) is 6.07 Å². The number of fused-ring (bicyclic) bond motifs is 1. The van der Waals surface area contributed by atoms with Crippen LogP contribution in [0.5, 0.6) is 0 Å². The lowest BCUT2D eigenvalue weighted by molar-refractivity contribution is 0.627. The molecule has 0 fully saturated rings. The number of benzene rings is 2. The molecule has 0 aliphatic rings. The fraction of sp³-hybridized carbons (Fsp3) is 0. The van der Waals surface area contributed by atoms with E-state index in [9.17, 15) is 9.65 Å². The van der Waals surface area contributed by atoms with Gasteiger partial charge >= 0.3 is 0 Å². The predicted octanol–water partition coefficient (Wildman–Crippen LogP) is 3.77. The van der Waals surface area contributed by atoms with Crippen molar-refractivity contribution in [2.24, 2.45) is 0 Å². The summed E-state index contributed by atoms with van der Waals surface area (Å²) >= 11 is 0. The van der Waals surface area contributed by atoms with Crippen LogP contribution < -0.4 is 0 Å². The van der Waals surface area contributed by atoms with E-state index in [1.807, 2.05) is 24.3 Å². The van der Waals surface area contributed by atoms with E-state index in [2.05, 4.69) is 16.0 Å². The molecule has 96 valence electrons. The third-order valence-electron chi connectivity index (χ3n) is 2.92. The van der Waals surface area contributed by atoms with E-state index in [0.717, 1.165) is 11.0 Å². The highest BCUT2D eigenvalue weighted by Crippen LogP contribution is 2.19. The van der Waals surface area contributed by atoms with Gasteiger partial charge in [-0.05, 0) is 35.9 Å². The SMILES string of the molecule is N#CC(=Cc1cccc(F)c1)c1nc2ccccc2[nH]1. The number of allylic oxidation sites excluding steroid dienone is 1.